The lowest BCUT2D eigenvalue weighted by atomic mass is 10.1. The summed E-state index contributed by atoms with van der Waals surface area (Å²) in [5.74, 6) is 0.666. The number of fused-ring (bicyclic) bond motifs is 2. The first kappa shape index (κ1) is 15.5. The van der Waals surface area contributed by atoms with Gasteiger partial charge in [0.1, 0.15) is 11.9 Å². The van der Waals surface area contributed by atoms with Crippen LogP contribution in [0.25, 0.3) is 0 Å². The first-order chi connectivity index (χ1) is 11.5. The van der Waals surface area contributed by atoms with E-state index in [1.807, 2.05) is 44.2 Å². The summed E-state index contributed by atoms with van der Waals surface area (Å²) in [7, 11) is -3.61. The van der Waals surface area contributed by atoms with Gasteiger partial charge >= 0.3 is 0 Å². The van der Waals surface area contributed by atoms with E-state index in [0.29, 0.717) is 16.3 Å². The smallest absolute Gasteiger partial charge is 0.264 e. The molecule has 4 nitrogen and oxygen atoms in total. The number of hydrogen-bond donors (Lipinski definition) is 0. The van der Waals surface area contributed by atoms with Crippen molar-refractivity contribution in [3.05, 3.63) is 53.6 Å². The third kappa shape index (κ3) is 2.38. The van der Waals surface area contributed by atoms with Crippen LogP contribution in [-0.2, 0) is 10.0 Å². The van der Waals surface area contributed by atoms with Crippen LogP contribution < -0.4 is 9.04 Å². The van der Waals surface area contributed by atoms with Gasteiger partial charge in [-0.1, -0.05) is 23.8 Å². The monoisotopic (exact) mass is 343 g/mol. The molecule has 1 aliphatic heterocycles. The Hall–Kier alpha value is -2.01. The van der Waals surface area contributed by atoms with Crippen molar-refractivity contribution in [3.63, 3.8) is 0 Å². The summed E-state index contributed by atoms with van der Waals surface area (Å²) in [5.41, 5.74) is 2.74. The fourth-order valence-corrected chi connectivity index (χ4v) is 5.39. The fraction of sp³-hybridized carbons (Fsp3) is 0.368. The Morgan fingerprint density at radius 2 is 1.71 bits per heavy atom. The molecular weight excluding hydrogens is 322 g/mol. The van der Waals surface area contributed by atoms with Crippen LogP contribution in [0.2, 0.25) is 0 Å². The molecule has 0 amide bonds. The minimum absolute atomic E-state index is 0.0552. The molecule has 126 valence electrons. The topological polar surface area (TPSA) is 46.6 Å². The summed E-state index contributed by atoms with van der Waals surface area (Å²) in [5, 5.41) is 0. The SMILES string of the molecule is Cc1ccc(S(=O)(=O)N2c3cc(C)ccc3O[C@H]3CCC[C@@H]32)cc1. The third-order valence-electron chi connectivity index (χ3n) is 4.93. The maximum atomic E-state index is 13.4. The predicted molar refractivity (Wildman–Crippen MR) is 94.1 cm³/mol. The second-order valence-corrected chi connectivity index (χ2v) is 8.55. The zero-order valence-corrected chi connectivity index (χ0v) is 14.7. The van der Waals surface area contributed by atoms with Gasteiger partial charge in [0.05, 0.1) is 16.6 Å². The van der Waals surface area contributed by atoms with Gasteiger partial charge in [0.2, 0.25) is 0 Å². The number of hydrogen-bond acceptors (Lipinski definition) is 3. The Balaban J connectivity index is 1.88. The van der Waals surface area contributed by atoms with Crippen LogP contribution in [0.15, 0.2) is 47.4 Å². The van der Waals surface area contributed by atoms with Gasteiger partial charge in [-0.25, -0.2) is 8.42 Å². The van der Waals surface area contributed by atoms with Crippen LogP contribution >= 0.6 is 0 Å². The van der Waals surface area contributed by atoms with Crippen molar-refractivity contribution in [1.82, 2.24) is 0 Å². The summed E-state index contributed by atoms with van der Waals surface area (Å²) < 4.78 is 34.5. The number of aryl methyl sites for hydroxylation is 2. The molecular formula is C19H21NO3S. The number of sulfonamides is 1. The molecule has 0 bridgehead atoms. The molecule has 4 rings (SSSR count). The average Bonchev–Trinajstić information content (AvgIpc) is 3.00. The normalized spacial score (nSPS) is 22.7. The molecule has 24 heavy (non-hydrogen) atoms. The molecule has 0 N–H and O–H groups in total. The van der Waals surface area contributed by atoms with E-state index in [0.717, 1.165) is 30.4 Å². The van der Waals surface area contributed by atoms with E-state index in [1.165, 1.54) is 0 Å². The van der Waals surface area contributed by atoms with E-state index in [-0.39, 0.29) is 12.1 Å². The molecule has 5 heteroatoms. The van der Waals surface area contributed by atoms with E-state index in [2.05, 4.69) is 0 Å². The van der Waals surface area contributed by atoms with Crippen LogP contribution in [-0.4, -0.2) is 20.6 Å². The second-order valence-electron chi connectivity index (χ2n) is 6.74. The van der Waals surface area contributed by atoms with Gasteiger partial charge < -0.3 is 4.74 Å². The maximum absolute atomic E-state index is 13.4. The Labute approximate surface area is 143 Å². The highest BCUT2D eigenvalue weighted by molar-refractivity contribution is 7.92. The zero-order valence-electron chi connectivity index (χ0n) is 13.9. The lowest BCUT2D eigenvalue weighted by molar-refractivity contribution is 0.180. The van der Waals surface area contributed by atoms with Crippen molar-refractivity contribution >= 4 is 15.7 Å². The Kier molecular flexibility index (Phi) is 3.57. The Morgan fingerprint density at radius 1 is 1.00 bits per heavy atom. The molecule has 1 heterocycles. The average molecular weight is 343 g/mol. The highest BCUT2D eigenvalue weighted by Crippen LogP contribution is 2.44. The minimum Gasteiger partial charge on any atom is -0.486 e. The highest BCUT2D eigenvalue weighted by Gasteiger charge is 2.45. The van der Waals surface area contributed by atoms with E-state index < -0.39 is 10.0 Å². The second kappa shape index (κ2) is 5.52. The van der Waals surface area contributed by atoms with Crippen molar-refractivity contribution in [2.45, 2.75) is 50.2 Å². The van der Waals surface area contributed by atoms with Crippen LogP contribution in [0.4, 0.5) is 5.69 Å². The zero-order chi connectivity index (χ0) is 16.9. The third-order valence-corrected chi connectivity index (χ3v) is 6.78. The fourth-order valence-electron chi connectivity index (χ4n) is 3.68. The molecule has 1 saturated carbocycles. The van der Waals surface area contributed by atoms with E-state index in [1.54, 1.807) is 16.4 Å². The van der Waals surface area contributed by atoms with Gasteiger partial charge in [-0.15, -0.1) is 0 Å². The van der Waals surface area contributed by atoms with Gasteiger partial charge in [-0.2, -0.15) is 0 Å². The van der Waals surface area contributed by atoms with Crippen molar-refractivity contribution in [3.8, 4) is 5.75 Å². The predicted octanol–water partition coefficient (Wildman–Crippen LogP) is 3.81. The van der Waals surface area contributed by atoms with E-state index >= 15 is 0 Å². The number of benzene rings is 2. The molecule has 0 saturated heterocycles. The van der Waals surface area contributed by atoms with Gasteiger partial charge in [0.25, 0.3) is 10.0 Å². The van der Waals surface area contributed by atoms with Crippen molar-refractivity contribution < 1.29 is 13.2 Å². The van der Waals surface area contributed by atoms with Crippen molar-refractivity contribution in [1.29, 1.82) is 0 Å². The Morgan fingerprint density at radius 3 is 2.46 bits per heavy atom. The van der Waals surface area contributed by atoms with Crippen LogP contribution in [0.5, 0.6) is 5.75 Å². The van der Waals surface area contributed by atoms with Gasteiger partial charge in [0, 0.05) is 0 Å². The molecule has 0 spiro atoms. The number of ether oxygens (including phenoxy) is 1. The molecule has 0 aromatic heterocycles. The number of rotatable bonds is 2. The van der Waals surface area contributed by atoms with Crippen LogP contribution in [0.1, 0.15) is 30.4 Å². The molecule has 1 aliphatic carbocycles. The molecule has 0 unspecified atom stereocenters. The first-order valence-electron chi connectivity index (χ1n) is 8.35. The minimum atomic E-state index is -3.61. The summed E-state index contributed by atoms with van der Waals surface area (Å²) >= 11 is 0. The van der Waals surface area contributed by atoms with Crippen molar-refractivity contribution in [2.75, 3.05) is 4.31 Å². The summed E-state index contributed by atoms with van der Waals surface area (Å²) in [6, 6.07) is 12.7. The summed E-state index contributed by atoms with van der Waals surface area (Å²) in [4.78, 5) is 0.341. The number of anilines is 1. The first-order valence-corrected chi connectivity index (χ1v) is 9.79. The summed E-state index contributed by atoms with van der Waals surface area (Å²) in [6.45, 7) is 3.93. The van der Waals surface area contributed by atoms with Crippen LogP contribution in [0, 0.1) is 13.8 Å². The van der Waals surface area contributed by atoms with Gasteiger partial charge in [-0.05, 0) is 62.9 Å². The lowest BCUT2D eigenvalue weighted by Gasteiger charge is -2.39. The molecule has 1 fully saturated rings. The van der Waals surface area contributed by atoms with Gasteiger partial charge in [0.15, 0.2) is 0 Å². The largest absolute Gasteiger partial charge is 0.486 e. The number of nitrogens with zero attached hydrogens (tertiary/aromatic N) is 1. The standard InChI is InChI=1S/C19H21NO3S/c1-13-6-9-15(10-7-13)24(21,22)20-16-4-3-5-18(16)23-19-11-8-14(2)12-17(19)20/h6-12,16,18H,3-5H2,1-2H3/t16-,18-/m0/s1. The highest BCUT2D eigenvalue weighted by atomic mass is 32.2. The van der Waals surface area contributed by atoms with E-state index in [4.69, 9.17) is 4.74 Å². The Bertz CT molecular complexity index is 874. The van der Waals surface area contributed by atoms with Gasteiger partial charge in [-0.3, -0.25) is 4.31 Å². The lowest BCUT2D eigenvalue weighted by Crippen LogP contribution is -2.49. The molecule has 2 atom stereocenters. The molecule has 2 aromatic rings. The summed E-state index contributed by atoms with van der Waals surface area (Å²) in [6.07, 6.45) is 2.67. The van der Waals surface area contributed by atoms with Crippen molar-refractivity contribution in [2.24, 2.45) is 0 Å². The van der Waals surface area contributed by atoms with E-state index in [9.17, 15) is 8.42 Å². The molecule has 2 aliphatic rings. The maximum Gasteiger partial charge on any atom is 0.264 e. The van der Waals surface area contributed by atoms with Crippen LogP contribution in [0.3, 0.4) is 0 Å². The molecule has 0 radical (unpaired) electrons. The molecule has 2 aromatic carbocycles. The quantitative estimate of drug-likeness (QED) is 0.833.